The highest BCUT2D eigenvalue weighted by Gasteiger charge is 2.19. The van der Waals surface area contributed by atoms with E-state index in [2.05, 4.69) is 37.9 Å². The van der Waals surface area contributed by atoms with Crippen molar-refractivity contribution >= 4 is 57.1 Å². The van der Waals surface area contributed by atoms with Gasteiger partial charge < -0.3 is 72.3 Å². The number of carbonyl (C=O) groups excluding carboxylic acids is 1. The van der Waals surface area contributed by atoms with Crippen molar-refractivity contribution in [2.75, 3.05) is 104 Å². The first-order valence-corrected chi connectivity index (χ1v) is 33.0. The fourth-order valence-corrected chi connectivity index (χ4v) is 11.2. The minimum atomic E-state index is -0.466. The first-order valence-electron chi connectivity index (χ1n) is 33.0. The molecule has 98 heavy (non-hydrogen) atoms. The minimum absolute atomic E-state index is 0.0383. The van der Waals surface area contributed by atoms with Gasteiger partial charge in [-0.15, -0.1) is 0 Å². The quantitative estimate of drug-likeness (QED) is 0.0466. The van der Waals surface area contributed by atoms with E-state index in [9.17, 15) is 4.79 Å². The fourth-order valence-electron chi connectivity index (χ4n) is 11.2. The number of benzene rings is 10. The van der Waals surface area contributed by atoms with E-state index >= 15 is 0 Å². The number of anilines is 9. The molecule has 0 aliphatic carbocycles. The Morgan fingerprint density at radius 2 is 0.643 bits per heavy atom. The highest BCUT2D eigenvalue weighted by Crippen LogP contribution is 2.40. The fraction of sp³-hybridized carbons (Fsp3) is 0.256. The summed E-state index contributed by atoms with van der Waals surface area (Å²) in [4.78, 5) is 21.1. The second-order valence-electron chi connectivity index (χ2n) is 23.2. The summed E-state index contributed by atoms with van der Waals surface area (Å²) in [5.74, 6) is 7.94. The minimum Gasteiger partial charge on any atom is -0.497 e. The van der Waals surface area contributed by atoms with Gasteiger partial charge in [-0.3, -0.25) is 4.79 Å². The lowest BCUT2D eigenvalue weighted by Gasteiger charge is -2.26. The summed E-state index contributed by atoms with van der Waals surface area (Å²) in [6, 6.07) is 77.9. The third-order valence-corrected chi connectivity index (χ3v) is 16.5. The van der Waals surface area contributed by atoms with E-state index < -0.39 is 6.10 Å². The van der Waals surface area contributed by atoms with Gasteiger partial charge in [0.25, 0.3) is 5.91 Å². The number of carbonyl (C=O) groups is 1. The topological polar surface area (TPSA) is 134 Å². The molecule has 16 heteroatoms. The lowest BCUT2D eigenvalue weighted by atomic mass is 10.1. The van der Waals surface area contributed by atoms with Crippen molar-refractivity contribution in [2.45, 2.75) is 52.6 Å². The van der Waals surface area contributed by atoms with Gasteiger partial charge in [0.15, 0.2) is 6.10 Å². The number of likely N-dealkylation sites (tertiary alicyclic amines) is 1. The summed E-state index contributed by atoms with van der Waals surface area (Å²) in [5, 5.41) is 2.98. The zero-order valence-electron chi connectivity index (χ0n) is 57.9. The molecule has 1 aliphatic heterocycles. The number of nitrogens with one attached hydrogen (secondary N) is 1. The van der Waals surface area contributed by atoms with Gasteiger partial charge in [0, 0.05) is 57.7 Å². The van der Waals surface area contributed by atoms with Crippen LogP contribution in [0.2, 0.25) is 0 Å². The largest absolute Gasteiger partial charge is 0.497 e. The maximum absolute atomic E-state index is 12.1. The zero-order chi connectivity index (χ0) is 69.0. The lowest BCUT2D eigenvalue weighted by Crippen LogP contribution is -2.38. The number of ether oxygens (including phenoxy) is 10. The van der Waals surface area contributed by atoms with Crippen LogP contribution < -0.4 is 67.4 Å². The third-order valence-electron chi connectivity index (χ3n) is 16.5. The third kappa shape index (κ3) is 20.3. The molecular formula is C82H91N5O11. The van der Waals surface area contributed by atoms with Gasteiger partial charge in [-0.2, -0.15) is 0 Å². The molecule has 1 aliphatic rings. The van der Waals surface area contributed by atoms with Gasteiger partial charge in [-0.05, 0) is 290 Å². The lowest BCUT2D eigenvalue weighted by molar-refractivity contribution is -0.127. The molecule has 0 radical (unpaired) electrons. The van der Waals surface area contributed by atoms with Crippen molar-refractivity contribution in [1.29, 1.82) is 0 Å². The van der Waals surface area contributed by atoms with Gasteiger partial charge in [0.05, 0.1) is 49.8 Å². The van der Waals surface area contributed by atoms with Crippen LogP contribution in [-0.2, 0) is 4.79 Å². The summed E-state index contributed by atoms with van der Waals surface area (Å²) in [7, 11) is 11.7. The first kappa shape index (κ1) is 71.3. The summed E-state index contributed by atoms with van der Waals surface area (Å²) >= 11 is 0. The molecule has 1 atom stereocenters. The second kappa shape index (κ2) is 36.8. The van der Waals surface area contributed by atoms with Gasteiger partial charge in [-0.25, -0.2) is 0 Å². The van der Waals surface area contributed by atoms with E-state index in [1.165, 1.54) is 37.9 Å². The molecule has 1 fully saturated rings. The average Bonchev–Trinajstić information content (AvgIpc) is 0.869. The van der Waals surface area contributed by atoms with Crippen LogP contribution in [0.3, 0.4) is 0 Å². The van der Waals surface area contributed by atoms with Crippen molar-refractivity contribution < 1.29 is 52.2 Å². The molecule has 1 amide bonds. The number of nitrogens with zero attached hydrogens (tertiary/aromatic N) is 4. The van der Waals surface area contributed by atoms with Crippen molar-refractivity contribution in [3.63, 3.8) is 0 Å². The van der Waals surface area contributed by atoms with Gasteiger partial charge in [0.2, 0.25) is 0 Å². The second-order valence-corrected chi connectivity index (χ2v) is 23.2. The highest BCUT2D eigenvalue weighted by molar-refractivity contribution is 5.81. The van der Waals surface area contributed by atoms with Crippen LogP contribution in [0, 0.1) is 13.8 Å². The van der Waals surface area contributed by atoms with Crippen molar-refractivity contribution in [3.05, 3.63) is 248 Å². The van der Waals surface area contributed by atoms with E-state index in [-0.39, 0.29) is 5.91 Å². The summed E-state index contributed by atoms with van der Waals surface area (Å²) < 4.78 is 55.2. The normalized spacial score (nSPS) is 11.9. The Morgan fingerprint density at radius 1 is 0.378 bits per heavy atom. The van der Waals surface area contributed by atoms with E-state index in [0.29, 0.717) is 13.2 Å². The predicted molar refractivity (Wildman–Crippen MR) is 394 cm³/mol. The Labute approximate surface area is 578 Å². The molecule has 1 N–H and O–H groups in total. The van der Waals surface area contributed by atoms with Gasteiger partial charge in [0.1, 0.15) is 70.7 Å². The van der Waals surface area contributed by atoms with Crippen LogP contribution in [0.4, 0.5) is 51.2 Å². The molecule has 10 aromatic carbocycles. The molecule has 0 bridgehead atoms. The van der Waals surface area contributed by atoms with Crippen molar-refractivity contribution in [2.24, 2.45) is 0 Å². The number of hydrogen-bond donors (Lipinski definition) is 1. The molecular weight excluding hydrogens is 1230 g/mol. The van der Waals surface area contributed by atoms with E-state index in [1.807, 2.05) is 237 Å². The van der Waals surface area contributed by atoms with Gasteiger partial charge >= 0.3 is 0 Å². The number of methoxy groups -OCH3 is 7. The Balaban J connectivity index is 0.000000195. The molecule has 1 heterocycles. The number of amides is 1. The molecule has 11 rings (SSSR count). The van der Waals surface area contributed by atoms with Crippen LogP contribution in [0.5, 0.6) is 57.5 Å². The van der Waals surface area contributed by atoms with Crippen LogP contribution in [0.1, 0.15) is 43.7 Å². The maximum Gasteiger partial charge on any atom is 0.260 e. The number of piperidine rings is 1. The maximum atomic E-state index is 12.1. The standard InChI is InChI=1S/C42H40N2O6.C21H21NO3.C19H30N2O2/c1-45-37-17-5-31(6-18-37)43(32-7-19-38(46-2)20-8-32)35-13-25-41(26-14-35)49-29-30-50-42-27-15-36(16-28-42)44(33-9-21-39(47-3)22-10-33)34-11-23-40(48-4)24-12-34;1-23-19-10-4-16(5-11-19)22(17-6-12-20(24-2)13-7-17)18-8-14-21(25-3)15-9-18;1-15-8-9-18(16(2)14-15)23-17(3)19(22)20-10-7-13-21-11-5-4-6-12-21/h5-28H,29-30H2,1-4H3;4-15H,1-3H3;8-9,14,17H,4-7,10-13H2,1-3H3,(H,20,22). The molecule has 1 unspecified atom stereocenters. The number of hydrogen-bond acceptors (Lipinski definition) is 15. The number of aryl methyl sites for hydroxylation is 2. The summed E-state index contributed by atoms with van der Waals surface area (Å²) in [6.07, 6.45) is 4.52. The number of rotatable bonds is 28. The Kier molecular flexibility index (Phi) is 26.8. The summed E-state index contributed by atoms with van der Waals surface area (Å²) in [6.45, 7) is 10.9. The van der Waals surface area contributed by atoms with Gasteiger partial charge in [-0.1, -0.05) is 24.1 Å². The first-order chi connectivity index (χ1) is 47.9. The summed E-state index contributed by atoms with van der Waals surface area (Å²) in [5.41, 5.74) is 11.4. The SMILES string of the molecule is COc1ccc(N(c2ccc(OC)cc2)c2ccc(OC)cc2)cc1.COc1ccc(N(c2ccc(OC)cc2)c2ccc(OCCOc3ccc(N(c4ccc(OC)cc4)c4ccc(OC)cc4)cc3)cc2)cc1.Cc1ccc(OC(C)C(=O)NCCCN2CCCCC2)c(C)c1. The molecule has 510 valence electrons. The monoisotopic (exact) mass is 1320 g/mol. The van der Waals surface area contributed by atoms with Crippen LogP contribution >= 0.6 is 0 Å². The predicted octanol–water partition coefficient (Wildman–Crippen LogP) is 18.4. The average molecular weight is 1320 g/mol. The van der Waals surface area contributed by atoms with Crippen LogP contribution in [-0.4, -0.2) is 106 Å². The van der Waals surface area contributed by atoms with Crippen LogP contribution in [0.15, 0.2) is 237 Å². The Hall–Kier alpha value is -11.0. The Morgan fingerprint density at radius 3 is 0.898 bits per heavy atom. The highest BCUT2D eigenvalue weighted by atomic mass is 16.5. The molecule has 16 nitrogen and oxygen atoms in total. The van der Waals surface area contributed by atoms with E-state index in [1.54, 1.807) is 56.7 Å². The van der Waals surface area contributed by atoms with Crippen molar-refractivity contribution in [3.8, 4) is 57.5 Å². The molecule has 0 aromatic heterocycles. The van der Waals surface area contributed by atoms with E-state index in [4.69, 9.17) is 47.4 Å². The van der Waals surface area contributed by atoms with Crippen molar-refractivity contribution in [1.82, 2.24) is 10.2 Å². The zero-order valence-corrected chi connectivity index (χ0v) is 57.9. The molecule has 1 saturated heterocycles. The Bertz CT molecular complexity index is 3620. The molecule has 0 spiro atoms. The molecule has 10 aromatic rings. The molecule has 0 saturated carbocycles. The smallest absolute Gasteiger partial charge is 0.260 e. The van der Waals surface area contributed by atoms with Crippen LogP contribution in [0.25, 0.3) is 0 Å². The van der Waals surface area contributed by atoms with E-state index in [0.717, 1.165) is 134 Å².